The third kappa shape index (κ3) is 3.32. The average molecular weight is 312 g/mol. The Labute approximate surface area is 126 Å². The summed E-state index contributed by atoms with van der Waals surface area (Å²) >= 11 is 0. The monoisotopic (exact) mass is 312 g/mol. The van der Waals surface area contributed by atoms with Crippen molar-refractivity contribution in [3.63, 3.8) is 0 Å². The highest BCUT2D eigenvalue weighted by Crippen LogP contribution is 2.35. The summed E-state index contributed by atoms with van der Waals surface area (Å²) in [7, 11) is 1.20. The van der Waals surface area contributed by atoms with Crippen molar-refractivity contribution in [1.82, 2.24) is 0 Å². The number of halogens is 3. The molecule has 7 heteroatoms. The van der Waals surface area contributed by atoms with E-state index in [1.807, 2.05) is 6.07 Å². The van der Waals surface area contributed by atoms with E-state index in [0.29, 0.717) is 18.7 Å². The third-order valence-electron chi connectivity index (χ3n) is 3.78. The minimum atomic E-state index is -4.22. The number of piperidine rings is 1. The first-order valence-electron chi connectivity index (χ1n) is 6.81. The van der Waals surface area contributed by atoms with E-state index in [-0.39, 0.29) is 24.1 Å². The van der Waals surface area contributed by atoms with Crippen LogP contribution in [0.25, 0.3) is 0 Å². The maximum atomic E-state index is 12.9. The van der Waals surface area contributed by atoms with Crippen molar-refractivity contribution in [2.24, 2.45) is 5.92 Å². The highest BCUT2D eigenvalue weighted by Gasteiger charge is 2.41. The summed E-state index contributed by atoms with van der Waals surface area (Å²) in [6, 6.07) is 6.28. The third-order valence-corrected chi connectivity index (χ3v) is 3.78. The molecule has 0 saturated carbocycles. The molecule has 1 unspecified atom stereocenters. The largest absolute Gasteiger partial charge is 0.465 e. The molecular formula is C15H15F3N2O2. The molecule has 118 valence electrons. The highest BCUT2D eigenvalue weighted by atomic mass is 19.4. The number of carbonyl (C=O) groups is 1. The van der Waals surface area contributed by atoms with E-state index < -0.39 is 18.1 Å². The number of hydrogen-bond donors (Lipinski definition) is 0. The minimum absolute atomic E-state index is 0.0958. The van der Waals surface area contributed by atoms with Gasteiger partial charge in [0.15, 0.2) is 0 Å². The Bertz CT molecular complexity index is 608. The summed E-state index contributed by atoms with van der Waals surface area (Å²) in [6.45, 7) is 0.362. The van der Waals surface area contributed by atoms with Crippen molar-refractivity contribution in [1.29, 1.82) is 5.26 Å². The van der Waals surface area contributed by atoms with Crippen LogP contribution in [0.3, 0.4) is 0 Å². The van der Waals surface area contributed by atoms with Gasteiger partial charge in [0.2, 0.25) is 0 Å². The van der Waals surface area contributed by atoms with E-state index in [1.54, 1.807) is 11.0 Å². The van der Waals surface area contributed by atoms with E-state index in [1.165, 1.54) is 19.2 Å². The van der Waals surface area contributed by atoms with Crippen molar-refractivity contribution in [2.75, 3.05) is 25.1 Å². The summed E-state index contributed by atoms with van der Waals surface area (Å²) in [6.07, 6.45) is -3.67. The van der Waals surface area contributed by atoms with Crippen molar-refractivity contribution in [3.05, 3.63) is 29.3 Å². The second kappa shape index (κ2) is 6.26. The maximum Gasteiger partial charge on any atom is 0.393 e. The topological polar surface area (TPSA) is 53.3 Å². The normalized spacial score (nSPS) is 18.7. The van der Waals surface area contributed by atoms with E-state index >= 15 is 0 Å². The summed E-state index contributed by atoms with van der Waals surface area (Å²) in [4.78, 5) is 13.1. The van der Waals surface area contributed by atoms with Gasteiger partial charge in [0.05, 0.1) is 24.2 Å². The fourth-order valence-electron chi connectivity index (χ4n) is 2.59. The van der Waals surface area contributed by atoms with Gasteiger partial charge in [-0.05, 0) is 31.0 Å². The summed E-state index contributed by atoms with van der Waals surface area (Å²) < 4.78 is 43.1. The Morgan fingerprint density at radius 1 is 1.45 bits per heavy atom. The molecule has 1 aliphatic rings. The van der Waals surface area contributed by atoms with Crippen LogP contribution in [0, 0.1) is 17.2 Å². The molecule has 2 rings (SSSR count). The molecule has 1 aromatic carbocycles. The van der Waals surface area contributed by atoms with Crippen LogP contribution in [-0.4, -0.2) is 32.3 Å². The minimum Gasteiger partial charge on any atom is -0.465 e. The van der Waals surface area contributed by atoms with Gasteiger partial charge in [0.25, 0.3) is 0 Å². The maximum absolute atomic E-state index is 12.9. The van der Waals surface area contributed by atoms with Crippen LogP contribution in [0.15, 0.2) is 18.2 Å². The zero-order valence-corrected chi connectivity index (χ0v) is 12.0. The quantitative estimate of drug-likeness (QED) is 0.787. The van der Waals surface area contributed by atoms with E-state index in [9.17, 15) is 18.0 Å². The molecule has 0 N–H and O–H groups in total. The Morgan fingerprint density at radius 2 is 2.18 bits per heavy atom. The first-order valence-corrected chi connectivity index (χ1v) is 6.81. The van der Waals surface area contributed by atoms with Gasteiger partial charge in [-0.15, -0.1) is 0 Å². The molecule has 0 aliphatic carbocycles. The Morgan fingerprint density at radius 3 is 2.77 bits per heavy atom. The molecule has 1 saturated heterocycles. The first-order chi connectivity index (χ1) is 10.4. The van der Waals surface area contributed by atoms with Gasteiger partial charge in [-0.2, -0.15) is 18.4 Å². The molecule has 1 heterocycles. The summed E-state index contributed by atoms with van der Waals surface area (Å²) in [5, 5.41) is 9.11. The first kappa shape index (κ1) is 16.1. The molecule has 1 atom stereocenters. The lowest BCUT2D eigenvalue weighted by Crippen LogP contribution is -2.41. The van der Waals surface area contributed by atoms with Crippen molar-refractivity contribution in [3.8, 4) is 6.07 Å². The van der Waals surface area contributed by atoms with Crippen LogP contribution >= 0.6 is 0 Å². The number of benzene rings is 1. The fourth-order valence-corrected chi connectivity index (χ4v) is 2.59. The van der Waals surface area contributed by atoms with Gasteiger partial charge in [-0.1, -0.05) is 0 Å². The molecule has 0 aromatic heterocycles. The van der Waals surface area contributed by atoms with E-state index in [0.717, 1.165) is 0 Å². The van der Waals surface area contributed by atoms with Gasteiger partial charge in [0.1, 0.15) is 6.07 Å². The van der Waals surface area contributed by atoms with Crippen molar-refractivity contribution >= 4 is 11.7 Å². The average Bonchev–Trinajstić information content (AvgIpc) is 2.52. The lowest BCUT2D eigenvalue weighted by atomic mass is 9.96. The predicted octanol–water partition coefficient (Wildman–Crippen LogP) is 3.12. The Balaban J connectivity index is 2.26. The number of carbonyl (C=O) groups excluding carboxylic acids is 1. The number of ether oxygens (including phenoxy) is 1. The zero-order chi connectivity index (χ0) is 16.3. The fraction of sp³-hybridized carbons (Fsp3) is 0.467. The number of hydrogen-bond acceptors (Lipinski definition) is 4. The van der Waals surface area contributed by atoms with Crippen molar-refractivity contribution in [2.45, 2.75) is 19.0 Å². The van der Waals surface area contributed by atoms with Crippen LogP contribution in [0.2, 0.25) is 0 Å². The standard InChI is InChI=1S/C15H15F3N2O2/c1-22-14(21)13-5-4-12(7-10(13)8-19)20-6-2-3-11(9-20)15(16,17)18/h4-5,7,11H,2-3,6,9H2,1H3. The summed E-state index contributed by atoms with van der Waals surface area (Å²) in [5.41, 5.74) is 0.717. The summed E-state index contributed by atoms with van der Waals surface area (Å²) in [5.74, 6) is -2.01. The van der Waals surface area contributed by atoms with Crippen LogP contribution in [0.4, 0.5) is 18.9 Å². The van der Waals surface area contributed by atoms with Gasteiger partial charge in [0, 0.05) is 18.8 Å². The number of nitriles is 1. The molecule has 0 amide bonds. The Kier molecular flexibility index (Phi) is 4.59. The number of methoxy groups -OCH3 is 1. The second-order valence-corrected chi connectivity index (χ2v) is 5.16. The van der Waals surface area contributed by atoms with Gasteiger partial charge >= 0.3 is 12.1 Å². The molecule has 1 fully saturated rings. The Hall–Kier alpha value is -2.23. The van der Waals surface area contributed by atoms with Crippen molar-refractivity contribution < 1.29 is 22.7 Å². The van der Waals surface area contributed by atoms with Crippen LogP contribution < -0.4 is 4.90 Å². The van der Waals surface area contributed by atoms with Crippen LogP contribution in [-0.2, 0) is 4.74 Å². The predicted molar refractivity (Wildman–Crippen MR) is 73.5 cm³/mol. The number of nitrogens with zero attached hydrogens (tertiary/aromatic N) is 2. The van der Waals surface area contributed by atoms with Crippen LogP contribution in [0.1, 0.15) is 28.8 Å². The van der Waals surface area contributed by atoms with Gasteiger partial charge in [-0.3, -0.25) is 0 Å². The van der Waals surface area contributed by atoms with E-state index in [2.05, 4.69) is 4.74 Å². The molecule has 4 nitrogen and oxygen atoms in total. The smallest absolute Gasteiger partial charge is 0.393 e. The van der Waals surface area contributed by atoms with Gasteiger partial charge < -0.3 is 9.64 Å². The highest BCUT2D eigenvalue weighted by molar-refractivity contribution is 5.92. The number of esters is 1. The van der Waals surface area contributed by atoms with Crippen LogP contribution in [0.5, 0.6) is 0 Å². The number of anilines is 1. The molecule has 1 aromatic rings. The number of alkyl halides is 3. The molecule has 1 aliphatic heterocycles. The van der Waals surface area contributed by atoms with Gasteiger partial charge in [-0.25, -0.2) is 4.79 Å². The molecule has 0 bridgehead atoms. The number of rotatable bonds is 2. The SMILES string of the molecule is COC(=O)c1ccc(N2CCCC(C(F)(F)F)C2)cc1C#N. The molecule has 22 heavy (non-hydrogen) atoms. The second-order valence-electron chi connectivity index (χ2n) is 5.16. The molecule has 0 radical (unpaired) electrons. The molecular weight excluding hydrogens is 297 g/mol. The van der Waals surface area contributed by atoms with E-state index in [4.69, 9.17) is 5.26 Å². The lowest BCUT2D eigenvalue weighted by Gasteiger charge is -2.35. The zero-order valence-electron chi connectivity index (χ0n) is 12.0. The lowest BCUT2D eigenvalue weighted by molar-refractivity contribution is -0.175. The molecule has 0 spiro atoms.